The van der Waals surface area contributed by atoms with Crippen molar-refractivity contribution < 1.29 is 14.6 Å². The Morgan fingerprint density at radius 1 is 1.16 bits per heavy atom. The Morgan fingerprint density at radius 2 is 1.68 bits per heavy atom. The van der Waals surface area contributed by atoms with Crippen LogP contribution >= 0.6 is 0 Å². The fourth-order valence-corrected chi connectivity index (χ4v) is 1.91. The molecule has 0 aliphatic carbocycles. The molecule has 19 heavy (non-hydrogen) atoms. The van der Waals surface area contributed by atoms with Crippen molar-refractivity contribution in [2.75, 3.05) is 0 Å². The Labute approximate surface area is 115 Å². The molecule has 1 N–H and O–H groups in total. The van der Waals surface area contributed by atoms with Gasteiger partial charge in [-0.3, -0.25) is 4.79 Å². The van der Waals surface area contributed by atoms with Crippen molar-refractivity contribution in [1.29, 1.82) is 0 Å². The lowest BCUT2D eigenvalue weighted by Crippen LogP contribution is -2.38. The number of esters is 1. The topological polar surface area (TPSA) is 46.5 Å². The van der Waals surface area contributed by atoms with E-state index in [1.165, 1.54) is 0 Å². The van der Waals surface area contributed by atoms with Crippen LogP contribution in [-0.2, 0) is 9.53 Å². The van der Waals surface area contributed by atoms with Crippen LogP contribution in [0, 0.1) is 5.41 Å². The van der Waals surface area contributed by atoms with E-state index in [4.69, 9.17) is 4.74 Å². The van der Waals surface area contributed by atoms with Gasteiger partial charge < -0.3 is 9.84 Å². The average Bonchev–Trinajstić information content (AvgIpc) is 2.28. The predicted molar refractivity (Wildman–Crippen MR) is 75.9 cm³/mol. The largest absolute Gasteiger partial charge is 0.462 e. The number of ether oxygens (including phenoxy) is 1. The first-order chi connectivity index (χ1) is 8.73. The Hall–Kier alpha value is -1.35. The number of aliphatic hydroxyl groups excluding tert-OH is 1. The van der Waals surface area contributed by atoms with E-state index in [1.54, 1.807) is 0 Å². The quantitative estimate of drug-likeness (QED) is 0.850. The first-order valence-corrected chi connectivity index (χ1v) is 6.67. The number of hydrogen-bond donors (Lipinski definition) is 1. The summed E-state index contributed by atoms with van der Waals surface area (Å²) in [6.45, 7) is 9.36. The highest BCUT2D eigenvalue weighted by molar-refractivity contribution is 5.79. The number of aliphatic hydroxyl groups is 1. The molecule has 0 amide bonds. The van der Waals surface area contributed by atoms with E-state index in [0.717, 1.165) is 5.56 Å². The van der Waals surface area contributed by atoms with Crippen LogP contribution in [0.2, 0.25) is 0 Å². The second kappa shape index (κ2) is 6.20. The standard InChI is InChI=1S/C16H24O3/c1-11(2)19-15(18)13(14(17)16(3,4)5)12-9-7-6-8-10-12/h6-11,13-14,17H,1-5H3/t13-,14+/m0/s1. The smallest absolute Gasteiger partial charge is 0.316 e. The predicted octanol–water partition coefficient (Wildman–Crippen LogP) is 3.13. The van der Waals surface area contributed by atoms with E-state index in [9.17, 15) is 9.90 Å². The van der Waals surface area contributed by atoms with Crippen LogP contribution in [0.25, 0.3) is 0 Å². The summed E-state index contributed by atoms with van der Waals surface area (Å²) >= 11 is 0. The minimum Gasteiger partial charge on any atom is -0.462 e. The molecule has 0 fully saturated rings. The van der Waals surface area contributed by atoms with Gasteiger partial charge in [-0.25, -0.2) is 0 Å². The lowest BCUT2D eigenvalue weighted by atomic mass is 9.78. The Morgan fingerprint density at radius 3 is 2.11 bits per heavy atom. The Bertz CT molecular complexity index is 404. The van der Waals surface area contributed by atoms with Crippen molar-refractivity contribution in [3.05, 3.63) is 35.9 Å². The number of benzene rings is 1. The summed E-state index contributed by atoms with van der Waals surface area (Å²) in [7, 11) is 0. The molecule has 0 saturated heterocycles. The van der Waals surface area contributed by atoms with Crippen molar-refractivity contribution in [2.24, 2.45) is 5.41 Å². The van der Waals surface area contributed by atoms with Crippen LogP contribution in [0.1, 0.15) is 46.1 Å². The third kappa shape index (κ3) is 4.35. The fraction of sp³-hybridized carbons (Fsp3) is 0.562. The molecule has 0 radical (unpaired) electrons. The lowest BCUT2D eigenvalue weighted by molar-refractivity contribution is -0.154. The lowest BCUT2D eigenvalue weighted by Gasteiger charge is -2.32. The fourth-order valence-electron chi connectivity index (χ4n) is 1.91. The molecule has 0 bridgehead atoms. The third-order valence-corrected chi connectivity index (χ3v) is 2.97. The Balaban J connectivity index is 3.08. The van der Waals surface area contributed by atoms with E-state index < -0.39 is 17.4 Å². The first-order valence-electron chi connectivity index (χ1n) is 6.67. The molecule has 0 spiro atoms. The van der Waals surface area contributed by atoms with E-state index >= 15 is 0 Å². The summed E-state index contributed by atoms with van der Waals surface area (Å²) < 4.78 is 5.28. The number of rotatable bonds is 4. The van der Waals surface area contributed by atoms with Gasteiger partial charge in [0.25, 0.3) is 0 Å². The van der Waals surface area contributed by atoms with Crippen molar-refractivity contribution >= 4 is 5.97 Å². The molecule has 0 heterocycles. The van der Waals surface area contributed by atoms with Crippen LogP contribution in [0.15, 0.2) is 30.3 Å². The van der Waals surface area contributed by atoms with Gasteiger partial charge in [-0.2, -0.15) is 0 Å². The normalized spacial score (nSPS) is 15.1. The minimum atomic E-state index is -0.791. The second-order valence-electron chi connectivity index (χ2n) is 6.18. The van der Waals surface area contributed by atoms with Crippen LogP contribution in [-0.4, -0.2) is 23.3 Å². The molecule has 3 nitrogen and oxygen atoms in total. The highest BCUT2D eigenvalue weighted by Crippen LogP contribution is 2.33. The summed E-state index contributed by atoms with van der Waals surface area (Å²) in [6.07, 6.45) is -0.980. The molecular formula is C16H24O3. The zero-order valence-electron chi connectivity index (χ0n) is 12.4. The third-order valence-electron chi connectivity index (χ3n) is 2.97. The zero-order chi connectivity index (χ0) is 14.6. The molecule has 2 atom stereocenters. The maximum atomic E-state index is 12.3. The molecular weight excluding hydrogens is 240 g/mol. The van der Waals surface area contributed by atoms with Crippen molar-refractivity contribution in [3.63, 3.8) is 0 Å². The summed E-state index contributed by atoms with van der Waals surface area (Å²) in [5.41, 5.74) is 0.395. The van der Waals surface area contributed by atoms with Gasteiger partial charge in [-0.15, -0.1) is 0 Å². The summed E-state index contributed by atoms with van der Waals surface area (Å²) in [4.78, 5) is 12.3. The summed E-state index contributed by atoms with van der Waals surface area (Å²) in [5, 5.41) is 10.5. The molecule has 1 rings (SSSR count). The minimum absolute atomic E-state index is 0.189. The van der Waals surface area contributed by atoms with E-state index in [0.29, 0.717) is 0 Å². The van der Waals surface area contributed by atoms with Gasteiger partial charge in [0, 0.05) is 0 Å². The molecule has 0 aliphatic heterocycles. The van der Waals surface area contributed by atoms with Crippen LogP contribution in [0.4, 0.5) is 0 Å². The number of carbonyl (C=O) groups is 1. The zero-order valence-corrected chi connectivity index (χ0v) is 12.4. The molecule has 0 aliphatic rings. The highest BCUT2D eigenvalue weighted by atomic mass is 16.5. The number of carbonyl (C=O) groups excluding carboxylic acids is 1. The van der Waals surface area contributed by atoms with E-state index in [1.807, 2.05) is 65.0 Å². The SMILES string of the molecule is CC(C)OC(=O)[C@@H](c1ccccc1)[C@@H](O)C(C)(C)C. The van der Waals surface area contributed by atoms with Crippen LogP contribution in [0.5, 0.6) is 0 Å². The number of hydrogen-bond acceptors (Lipinski definition) is 3. The summed E-state index contributed by atoms with van der Waals surface area (Å²) in [6, 6.07) is 9.31. The highest BCUT2D eigenvalue weighted by Gasteiger charge is 2.37. The monoisotopic (exact) mass is 264 g/mol. The van der Waals surface area contributed by atoms with Gasteiger partial charge in [0.2, 0.25) is 0 Å². The maximum Gasteiger partial charge on any atom is 0.316 e. The van der Waals surface area contributed by atoms with Crippen LogP contribution in [0.3, 0.4) is 0 Å². The maximum absolute atomic E-state index is 12.3. The molecule has 0 aromatic heterocycles. The van der Waals surface area contributed by atoms with Gasteiger partial charge in [0.15, 0.2) is 0 Å². The Kier molecular flexibility index (Phi) is 5.12. The van der Waals surface area contributed by atoms with Gasteiger partial charge in [-0.05, 0) is 24.8 Å². The van der Waals surface area contributed by atoms with E-state index in [2.05, 4.69) is 0 Å². The first kappa shape index (κ1) is 15.7. The van der Waals surface area contributed by atoms with Crippen LogP contribution < -0.4 is 0 Å². The van der Waals surface area contributed by atoms with Gasteiger partial charge in [0.1, 0.15) is 5.92 Å². The molecule has 0 unspecified atom stereocenters. The molecule has 1 aromatic rings. The van der Waals surface area contributed by atoms with Crippen molar-refractivity contribution in [3.8, 4) is 0 Å². The molecule has 3 heteroatoms. The molecule has 106 valence electrons. The van der Waals surface area contributed by atoms with Crippen molar-refractivity contribution in [2.45, 2.75) is 52.7 Å². The summed E-state index contributed by atoms with van der Waals surface area (Å²) in [5.74, 6) is -1.02. The average molecular weight is 264 g/mol. The van der Waals surface area contributed by atoms with Crippen molar-refractivity contribution in [1.82, 2.24) is 0 Å². The molecule has 0 saturated carbocycles. The van der Waals surface area contributed by atoms with Gasteiger partial charge in [-0.1, -0.05) is 51.1 Å². The molecule has 1 aromatic carbocycles. The second-order valence-corrected chi connectivity index (χ2v) is 6.18. The van der Waals surface area contributed by atoms with Gasteiger partial charge in [0.05, 0.1) is 12.2 Å². The van der Waals surface area contributed by atoms with Gasteiger partial charge >= 0.3 is 5.97 Å². The van der Waals surface area contributed by atoms with E-state index in [-0.39, 0.29) is 12.1 Å².